The van der Waals surface area contributed by atoms with Crippen molar-refractivity contribution in [3.05, 3.63) is 24.3 Å². The zero-order valence-corrected chi connectivity index (χ0v) is 12.7. The first kappa shape index (κ1) is 15.7. The minimum Gasteiger partial charge on any atom is -0.497 e. The summed E-state index contributed by atoms with van der Waals surface area (Å²) in [5, 5.41) is 0. The summed E-state index contributed by atoms with van der Waals surface area (Å²) in [5.41, 5.74) is 3.97. The molecule has 1 aliphatic rings. The van der Waals surface area contributed by atoms with Gasteiger partial charge in [0, 0.05) is 6.54 Å². The first-order valence-corrected chi connectivity index (χ1v) is 7.82. The quantitative estimate of drug-likeness (QED) is 0.841. The van der Waals surface area contributed by atoms with Crippen LogP contribution < -0.4 is 10.5 Å². The molecule has 0 bridgehead atoms. The van der Waals surface area contributed by atoms with Crippen LogP contribution in [-0.4, -0.2) is 51.0 Å². The number of carbonyl (C=O) groups is 1. The number of nitrogens with two attached hydrogens (primary N) is 1. The lowest BCUT2D eigenvalue weighted by atomic mass is 10.1. The number of hydrogen-bond acceptors (Lipinski definition) is 5. The highest BCUT2D eigenvalue weighted by molar-refractivity contribution is 7.89. The normalized spacial score (nSPS) is 23.7. The molecule has 2 rings (SSSR count). The van der Waals surface area contributed by atoms with Crippen molar-refractivity contribution >= 4 is 15.9 Å². The summed E-state index contributed by atoms with van der Waals surface area (Å²) < 4.78 is 36.7. The highest BCUT2D eigenvalue weighted by atomic mass is 32.2. The number of carbonyl (C=O) groups excluding carboxylic acids is 1. The summed E-state index contributed by atoms with van der Waals surface area (Å²) in [4.78, 5) is 11.6. The Morgan fingerprint density at radius 2 is 2.00 bits per heavy atom. The molecule has 1 atom stereocenters. The third-order valence-corrected chi connectivity index (χ3v) is 5.32. The molecule has 1 aromatic rings. The Labute approximate surface area is 123 Å². The largest absolute Gasteiger partial charge is 0.497 e. The number of nitrogens with zero attached hydrogens (tertiary/aromatic N) is 1. The molecule has 0 unspecified atom stereocenters. The lowest BCUT2D eigenvalue weighted by Crippen LogP contribution is -2.58. The molecule has 1 saturated heterocycles. The van der Waals surface area contributed by atoms with Gasteiger partial charge in [-0.15, -0.1) is 0 Å². The number of methoxy groups -OCH3 is 1. The lowest BCUT2D eigenvalue weighted by Gasteiger charge is -2.37. The maximum Gasteiger partial charge on any atom is 0.250 e. The van der Waals surface area contributed by atoms with Crippen molar-refractivity contribution < 1.29 is 22.7 Å². The van der Waals surface area contributed by atoms with Crippen LogP contribution in [0.3, 0.4) is 0 Å². The Balaban J connectivity index is 2.28. The molecule has 1 heterocycles. The molecule has 116 valence electrons. The number of morpholine rings is 1. The van der Waals surface area contributed by atoms with Crippen molar-refractivity contribution in [1.82, 2.24) is 4.31 Å². The van der Waals surface area contributed by atoms with Gasteiger partial charge in [-0.2, -0.15) is 4.31 Å². The second-order valence-corrected chi connectivity index (χ2v) is 6.90. The van der Waals surface area contributed by atoms with Crippen molar-refractivity contribution in [3.63, 3.8) is 0 Å². The molecule has 21 heavy (non-hydrogen) atoms. The number of sulfonamides is 1. The van der Waals surface area contributed by atoms with E-state index in [4.69, 9.17) is 15.2 Å². The van der Waals surface area contributed by atoms with E-state index in [0.717, 1.165) is 0 Å². The fourth-order valence-electron chi connectivity index (χ4n) is 2.08. The van der Waals surface area contributed by atoms with Crippen molar-refractivity contribution in [1.29, 1.82) is 0 Å². The van der Waals surface area contributed by atoms with Gasteiger partial charge in [-0.3, -0.25) is 4.79 Å². The highest BCUT2D eigenvalue weighted by Gasteiger charge is 2.41. The van der Waals surface area contributed by atoms with Crippen molar-refractivity contribution in [2.24, 2.45) is 5.73 Å². The molecule has 1 amide bonds. The van der Waals surface area contributed by atoms with E-state index >= 15 is 0 Å². The molecule has 1 aliphatic heterocycles. The molecule has 1 fully saturated rings. The van der Waals surface area contributed by atoms with Crippen LogP contribution in [0.1, 0.15) is 6.92 Å². The third-order valence-electron chi connectivity index (χ3n) is 3.46. The van der Waals surface area contributed by atoms with E-state index in [0.29, 0.717) is 5.75 Å². The van der Waals surface area contributed by atoms with Gasteiger partial charge in [0.2, 0.25) is 10.0 Å². The predicted molar refractivity (Wildman–Crippen MR) is 75.3 cm³/mol. The average molecular weight is 314 g/mol. The Kier molecular flexibility index (Phi) is 4.22. The van der Waals surface area contributed by atoms with Gasteiger partial charge >= 0.3 is 0 Å². The Morgan fingerprint density at radius 3 is 2.52 bits per heavy atom. The second kappa shape index (κ2) is 5.63. The molecule has 8 heteroatoms. The molecular weight excluding hydrogens is 296 g/mol. The maximum absolute atomic E-state index is 12.6. The van der Waals surface area contributed by atoms with Gasteiger partial charge in [0.05, 0.1) is 25.2 Å². The SMILES string of the molecule is COc1ccc(S(=O)(=O)N2CCO[C@@](C)(C(N)=O)C2)cc1. The van der Waals surface area contributed by atoms with E-state index in [1.165, 1.54) is 30.5 Å². The third kappa shape index (κ3) is 3.02. The van der Waals surface area contributed by atoms with Gasteiger partial charge in [0.1, 0.15) is 5.75 Å². The first-order valence-electron chi connectivity index (χ1n) is 6.38. The van der Waals surface area contributed by atoms with E-state index in [1.54, 1.807) is 12.1 Å². The molecule has 0 spiro atoms. The van der Waals surface area contributed by atoms with E-state index in [9.17, 15) is 13.2 Å². The van der Waals surface area contributed by atoms with Gasteiger partial charge in [-0.05, 0) is 31.2 Å². The standard InChI is InChI=1S/C13H18N2O5S/c1-13(12(14)16)9-15(7-8-20-13)21(17,18)11-5-3-10(19-2)4-6-11/h3-6H,7-9H2,1-2H3,(H2,14,16)/t13-/m1/s1. The van der Waals surface area contributed by atoms with Gasteiger partial charge in [-0.25, -0.2) is 8.42 Å². The summed E-state index contributed by atoms with van der Waals surface area (Å²) in [6.07, 6.45) is 0. The Morgan fingerprint density at radius 1 is 1.38 bits per heavy atom. The van der Waals surface area contributed by atoms with Crippen molar-refractivity contribution in [2.75, 3.05) is 26.8 Å². The van der Waals surface area contributed by atoms with Crippen LogP contribution in [0, 0.1) is 0 Å². The van der Waals surface area contributed by atoms with Crippen LogP contribution in [0.5, 0.6) is 5.75 Å². The first-order chi connectivity index (χ1) is 9.79. The monoisotopic (exact) mass is 314 g/mol. The molecule has 0 aromatic heterocycles. The van der Waals surface area contributed by atoms with Crippen LogP contribution in [0.25, 0.3) is 0 Å². The molecule has 7 nitrogen and oxygen atoms in total. The van der Waals surface area contributed by atoms with E-state index in [2.05, 4.69) is 0 Å². The van der Waals surface area contributed by atoms with E-state index in [-0.39, 0.29) is 24.6 Å². The number of amides is 1. The number of benzene rings is 1. The topological polar surface area (TPSA) is 98.9 Å². The summed E-state index contributed by atoms with van der Waals surface area (Å²) in [7, 11) is -2.20. The molecule has 1 aromatic carbocycles. The van der Waals surface area contributed by atoms with Gasteiger partial charge < -0.3 is 15.2 Å². The highest BCUT2D eigenvalue weighted by Crippen LogP contribution is 2.25. The van der Waals surface area contributed by atoms with Crippen molar-refractivity contribution in [2.45, 2.75) is 17.4 Å². The Bertz CT molecular complexity index is 628. The average Bonchev–Trinajstić information content (AvgIpc) is 2.47. The second-order valence-electron chi connectivity index (χ2n) is 4.96. The zero-order chi connectivity index (χ0) is 15.7. The minimum absolute atomic E-state index is 0.101. The summed E-state index contributed by atoms with van der Waals surface area (Å²) in [6.45, 7) is 1.69. The Hall–Kier alpha value is -1.64. The predicted octanol–water partition coefficient (Wildman–Crippen LogP) is -0.0399. The lowest BCUT2D eigenvalue weighted by molar-refractivity contribution is -0.148. The fourth-order valence-corrected chi connectivity index (χ4v) is 3.59. The zero-order valence-electron chi connectivity index (χ0n) is 11.9. The minimum atomic E-state index is -3.70. The summed E-state index contributed by atoms with van der Waals surface area (Å²) >= 11 is 0. The molecule has 0 saturated carbocycles. The number of rotatable bonds is 4. The van der Waals surface area contributed by atoms with Crippen LogP contribution in [-0.2, 0) is 19.6 Å². The number of hydrogen-bond donors (Lipinski definition) is 1. The molecule has 0 radical (unpaired) electrons. The maximum atomic E-state index is 12.6. The summed E-state index contributed by atoms with van der Waals surface area (Å²) in [5.74, 6) is -0.116. The van der Waals surface area contributed by atoms with Crippen LogP contribution in [0.4, 0.5) is 0 Å². The van der Waals surface area contributed by atoms with E-state index < -0.39 is 21.5 Å². The van der Waals surface area contributed by atoms with Crippen LogP contribution >= 0.6 is 0 Å². The van der Waals surface area contributed by atoms with Crippen molar-refractivity contribution in [3.8, 4) is 5.75 Å². The number of ether oxygens (including phenoxy) is 2. The fraction of sp³-hybridized carbons (Fsp3) is 0.462. The molecule has 0 aliphatic carbocycles. The molecule has 2 N–H and O–H groups in total. The van der Waals surface area contributed by atoms with Gasteiger partial charge in [0.25, 0.3) is 5.91 Å². The van der Waals surface area contributed by atoms with Gasteiger partial charge in [-0.1, -0.05) is 0 Å². The van der Waals surface area contributed by atoms with Crippen LogP contribution in [0.2, 0.25) is 0 Å². The summed E-state index contributed by atoms with van der Waals surface area (Å²) in [6, 6.07) is 6.07. The molecular formula is C13H18N2O5S. The smallest absolute Gasteiger partial charge is 0.250 e. The van der Waals surface area contributed by atoms with E-state index in [1.807, 2.05) is 0 Å². The van der Waals surface area contributed by atoms with Crippen LogP contribution in [0.15, 0.2) is 29.2 Å². The van der Waals surface area contributed by atoms with Gasteiger partial charge in [0.15, 0.2) is 5.60 Å². The number of primary amides is 1.